The lowest BCUT2D eigenvalue weighted by Gasteiger charge is -2.17. The van der Waals surface area contributed by atoms with E-state index in [4.69, 9.17) is 0 Å². The predicted molar refractivity (Wildman–Crippen MR) is 61.4 cm³/mol. The van der Waals surface area contributed by atoms with Crippen molar-refractivity contribution in [2.75, 3.05) is 13.6 Å². The van der Waals surface area contributed by atoms with Gasteiger partial charge in [-0.05, 0) is 34.5 Å². The summed E-state index contributed by atoms with van der Waals surface area (Å²) in [7, 11) is 1.67. The Hall–Kier alpha value is -0.900. The molecule has 0 bridgehead atoms. The third kappa shape index (κ3) is 2.78. The van der Waals surface area contributed by atoms with Gasteiger partial charge in [-0.25, -0.2) is 4.39 Å². The van der Waals surface area contributed by atoms with E-state index in [1.807, 2.05) is 6.92 Å². The Balaban J connectivity index is 3.00. The molecule has 0 aromatic heterocycles. The van der Waals surface area contributed by atoms with Gasteiger partial charge in [0.15, 0.2) is 0 Å². The quantitative estimate of drug-likeness (QED) is 0.829. The number of nitrogens with zero attached hydrogens (tertiary/aromatic N) is 1. The first-order valence-corrected chi connectivity index (χ1v) is 5.56. The number of halogens is 2. The molecule has 0 aliphatic heterocycles. The van der Waals surface area contributed by atoms with E-state index in [1.165, 1.54) is 11.0 Å². The summed E-state index contributed by atoms with van der Waals surface area (Å²) < 4.78 is 13.9. The average molecular weight is 274 g/mol. The van der Waals surface area contributed by atoms with Crippen LogP contribution in [0.2, 0.25) is 0 Å². The second-order valence-corrected chi connectivity index (χ2v) is 4.18. The van der Waals surface area contributed by atoms with Crippen LogP contribution in [0.5, 0.6) is 0 Å². The molecule has 1 amide bonds. The van der Waals surface area contributed by atoms with E-state index in [1.54, 1.807) is 19.2 Å². The first kappa shape index (κ1) is 12.2. The van der Waals surface area contributed by atoms with Crippen LogP contribution in [0.4, 0.5) is 4.39 Å². The number of hydrogen-bond donors (Lipinski definition) is 0. The maximum Gasteiger partial charge on any atom is 0.257 e. The summed E-state index contributed by atoms with van der Waals surface area (Å²) >= 11 is 3.18. The van der Waals surface area contributed by atoms with Crippen molar-refractivity contribution in [3.8, 4) is 0 Å². The van der Waals surface area contributed by atoms with Crippen LogP contribution < -0.4 is 0 Å². The topological polar surface area (TPSA) is 20.3 Å². The molecule has 0 aliphatic rings. The number of benzene rings is 1. The SMILES string of the molecule is CCCN(C)C(=O)c1c(F)cccc1Br. The van der Waals surface area contributed by atoms with Crippen LogP contribution in [0.15, 0.2) is 22.7 Å². The zero-order valence-electron chi connectivity index (χ0n) is 8.76. The predicted octanol–water partition coefficient (Wildman–Crippen LogP) is 3.07. The number of amides is 1. The molecular formula is C11H13BrFNO. The second-order valence-electron chi connectivity index (χ2n) is 3.32. The van der Waals surface area contributed by atoms with Crippen LogP contribution >= 0.6 is 15.9 Å². The highest BCUT2D eigenvalue weighted by atomic mass is 79.9. The van der Waals surface area contributed by atoms with Crippen molar-refractivity contribution in [1.29, 1.82) is 0 Å². The summed E-state index contributed by atoms with van der Waals surface area (Å²) in [5, 5.41) is 0. The highest BCUT2D eigenvalue weighted by Crippen LogP contribution is 2.20. The van der Waals surface area contributed by atoms with Crippen molar-refractivity contribution in [3.05, 3.63) is 34.1 Å². The fraction of sp³-hybridized carbons (Fsp3) is 0.364. The Morgan fingerprint density at radius 2 is 2.20 bits per heavy atom. The molecule has 0 atom stereocenters. The van der Waals surface area contributed by atoms with Gasteiger partial charge in [0.1, 0.15) is 5.82 Å². The average Bonchev–Trinajstić information content (AvgIpc) is 2.17. The van der Waals surface area contributed by atoms with E-state index in [2.05, 4.69) is 15.9 Å². The van der Waals surface area contributed by atoms with Crippen LogP contribution in [0, 0.1) is 5.82 Å². The molecule has 82 valence electrons. The minimum absolute atomic E-state index is 0.105. The first-order chi connectivity index (χ1) is 7.07. The molecule has 15 heavy (non-hydrogen) atoms. The maximum absolute atomic E-state index is 13.4. The van der Waals surface area contributed by atoms with Crippen LogP contribution in [0.3, 0.4) is 0 Å². The van der Waals surface area contributed by atoms with Crippen molar-refractivity contribution in [2.24, 2.45) is 0 Å². The molecule has 0 fully saturated rings. The van der Waals surface area contributed by atoms with E-state index in [9.17, 15) is 9.18 Å². The Bertz CT molecular complexity index is 347. The lowest BCUT2D eigenvalue weighted by atomic mass is 10.2. The van der Waals surface area contributed by atoms with Crippen LogP contribution in [-0.2, 0) is 0 Å². The standard InChI is InChI=1S/C11H13BrFNO/c1-3-7-14(2)11(15)10-8(12)5-4-6-9(10)13/h4-6H,3,7H2,1-2H3. The molecule has 0 spiro atoms. The van der Waals surface area contributed by atoms with Gasteiger partial charge < -0.3 is 4.90 Å². The molecule has 0 aliphatic carbocycles. The van der Waals surface area contributed by atoms with E-state index in [-0.39, 0.29) is 11.5 Å². The monoisotopic (exact) mass is 273 g/mol. The van der Waals surface area contributed by atoms with Gasteiger partial charge in [-0.1, -0.05) is 13.0 Å². The van der Waals surface area contributed by atoms with Gasteiger partial charge in [-0.15, -0.1) is 0 Å². The zero-order valence-corrected chi connectivity index (χ0v) is 10.3. The normalized spacial score (nSPS) is 10.1. The molecule has 0 saturated carbocycles. The zero-order chi connectivity index (χ0) is 11.4. The Kier molecular flexibility index (Phi) is 4.27. The van der Waals surface area contributed by atoms with Gasteiger partial charge in [-0.3, -0.25) is 4.79 Å². The number of carbonyl (C=O) groups is 1. The first-order valence-electron chi connectivity index (χ1n) is 4.77. The third-order valence-electron chi connectivity index (χ3n) is 2.08. The molecule has 0 heterocycles. The lowest BCUT2D eigenvalue weighted by molar-refractivity contribution is 0.0789. The molecule has 0 unspecified atom stereocenters. The highest BCUT2D eigenvalue weighted by molar-refractivity contribution is 9.10. The molecule has 0 saturated heterocycles. The molecule has 4 heteroatoms. The van der Waals surface area contributed by atoms with Crippen molar-refractivity contribution in [2.45, 2.75) is 13.3 Å². The van der Waals surface area contributed by atoms with Crippen LogP contribution in [-0.4, -0.2) is 24.4 Å². The van der Waals surface area contributed by atoms with Gasteiger partial charge >= 0.3 is 0 Å². The molecular weight excluding hydrogens is 261 g/mol. The number of hydrogen-bond acceptors (Lipinski definition) is 1. The summed E-state index contributed by atoms with van der Waals surface area (Å²) in [4.78, 5) is 13.3. The fourth-order valence-electron chi connectivity index (χ4n) is 1.33. The van der Waals surface area contributed by atoms with E-state index in [0.29, 0.717) is 11.0 Å². The van der Waals surface area contributed by atoms with Crippen LogP contribution in [0.25, 0.3) is 0 Å². The molecule has 0 N–H and O–H groups in total. The third-order valence-corrected chi connectivity index (χ3v) is 2.74. The summed E-state index contributed by atoms with van der Waals surface area (Å²) in [5.74, 6) is -0.779. The van der Waals surface area contributed by atoms with Gasteiger partial charge in [0.05, 0.1) is 5.56 Å². The largest absolute Gasteiger partial charge is 0.342 e. The molecule has 0 radical (unpaired) electrons. The Morgan fingerprint density at radius 1 is 1.53 bits per heavy atom. The minimum atomic E-state index is -0.489. The number of rotatable bonds is 3. The lowest BCUT2D eigenvalue weighted by Crippen LogP contribution is -2.28. The van der Waals surface area contributed by atoms with E-state index < -0.39 is 5.82 Å². The van der Waals surface area contributed by atoms with E-state index in [0.717, 1.165) is 6.42 Å². The summed E-state index contributed by atoms with van der Waals surface area (Å²) in [6, 6.07) is 4.52. The second kappa shape index (κ2) is 5.26. The van der Waals surface area contributed by atoms with Gasteiger partial charge in [-0.2, -0.15) is 0 Å². The minimum Gasteiger partial charge on any atom is -0.342 e. The summed E-state index contributed by atoms with van der Waals surface area (Å²) in [5.41, 5.74) is 0.105. The molecule has 1 aromatic carbocycles. The van der Waals surface area contributed by atoms with Crippen molar-refractivity contribution >= 4 is 21.8 Å². The number of carbonyl (C=O) groups excluding carboxylic acids is 1. The van der Waals surface area contributed by atoms with Crippen LogP contribution in [0.1, 0.15) is 23.7 Å². The van der Waals surface area contributed by atoms with Gasteiger partial charge in [0.25, 0.3) is 5.91 Å². The Labute approximate surface area is 97.2 Å². The van der Waals surface area contributed by atoms with Gasteiger partial charge in [0, 0.05) is 18.1 Å². The molecule has 1 aromatic rings. The van der Waals surface area contributed by atoms with Crippen molar-refractivity contribution in [3.63, 3.8) is 0 Å². The fourth-order valence-corrected chi connectivity index (χ4v) is 1.84. The smallest absolute Gasteiger partial charge is 0.257 e. The maximum atomic E-state index is 13.4. The van der Waals surface area contributed by atoms with E-state index >= 15 is 0 Å². The summed E-state index contributed by atoms with van der Waals surface area (Å²) in [6.07, 6.45) is 0.855. The highest BCUT2D eigenvalue weighted by Gasteiger charge is 2.18. The van der Waals surface area contributed by atoms with Crippen molar-refractivity contribution in [1.82, 2.24) is 4.90 Å². The molecule has 1 rings (SSSR count). The molecule has 2 nitrogen and oxygen atoms in total. The summed E-state index contributed by atoms with van der Waals surface area (Å²) in [6.45, 7) is 2.60. The Morgan fingerprint density at radius 3 is 2.73 bits per heavy atom. The van der Waals surface area contributed by atoms with Crippen molar-refractivity contribution < 1.29 is 9.18 Å². The van der Waals surface area contributed by atoms with Gasteiger partial charge in [0.2, 0.25) is 0 Å².